The minimum Gasteiger partial charge on any atom is -0.385 e. The van der Waals surface area contributed by atoms with Crippen LogP contribution in [-0.2, 0) is 17.2 Å². The maximum Gasteiger partial charge on any atom is 0.274 e. The molecular formula is C19H27N5O3. The number of carbonyl (C=O) groups is 1. The van der Waals surface area contributed by atoms with Crippen LogP contribution in [0.25, 0.3) is 0 Å². The van der Waals surface area contributed by atoms with Gasteiger partial charge in [0.1, 0.15) is 0 Å². The third kappa shape index (κ3) is 3.50. The third-order valence-corrected chi connectivity index (χ3v) is 5.82. The van der Waals surface area contributed by atoms with Crippen molar-refractivity contribution in [1.29, 1.82) is 0 Å². The Labute approximate surface area is 158 Å². The lowest BCUT2D eigenvalue weighted by molar-refractivity contribution is 0.0561. The number of piperidine rings is 1. The molecular weight excluding hydrogens is 346 g/mol. The first-order chi connectivity index (χ1) is 13.0. The Kier molecular flexibility index (Phi) is 4.75. The van der Waals surface area contributed by atoms with Crippen LogP contribution in [0.5, 0.6) is 0 Å². The Morgan fingerprint density at radius 2 is 2.26 bits per heavy atom. The molecule has 1 aliphatic carbocycles. The van der Waals surface area contributed by atoms with Crippen LogP contribution in [0.2, 0.25) is 0 Å². The van der Waals surface area contributed by atoms with Crippen molar-refractivity contribution in [2.45, 2.75) is 50.4 Å². The molecule has 0 N–H and O–H groups in total. The molecule has 1 amide bonds. The van der Waals surface area contributed by atoms with Crippen molar-refractivity contribution < 1.29 is 14.1 Å². The van der Waals surface area contributed by atoms with Crippen LogP contribution < -0.4 is 0 Å². The molecule has 0 bridgehead atoms. The summed E-state index contributed by atoms with van der Waals surface area (Å²) in [5.41, 5.74) is 1.13. The van der Waals surface area contributed by atoms with Crippen molar-refractivity contribution in [3.05, 3.63) is 29.2 Å². The molecule has 8 heteroatoms. The highest BCUT2D eigenvalue weighted by atomic mass is 16.5. The highest BCUT2D eigenvalue weighted by Crippen LogP contribution is 2.41. The first kappa shape index (κ1) is 18.2. The Hall–Kier alpha value is -2.22. The average molecular weight is 373 g/mol. The van der Waals surface area contributed by atoms with E-state index in [4.69, 9.17) is 14.2 Å². The van der Waals surface area contributed by atoms with Crippen molar-refractivity contribution >= 4 is 5.91 Å². The first-order valence-corrected chi connectivity index (χ1v) is 9.65. The van der Waals surface area contributed by atoms with Crippen LogP contribution in [-0.4, -0.2) is 57.5 Å². The van der Waals surface area contributed by atoms with E-state index >= 15 is 0 Å². The summed E-state index contributed by atoms with van der Waals surface area (Å²) in [7, 11) is 3.55. The van der Waals surface area contributed by atoms with Gasteiger partial charge in [0.25, 0.3) is 5.91 Å². The number of methoxy groups -OCH3 is 1. The fourth-order valence-corrected chi connectivity index (χ4v) is 3.87. The number of aryl methyl sites for hydroxylation is 2. The summed E-state index contributed by atoms with van der Waals surface area (Å²) in [6.07, 6.45) is 4.82. The van der Waals surface area contributed by atoms with Gasteiger partial charge in [0.2, 0.25) is 5.89 Å². The van der Waals surface area contributed by atoms with Crippen molar-refractivity contribution in [1.82, 2.24) is 24.8 Å². The molecule has 2 aromatic rings. The molecule has 1 saturated heterocycles. The van der Waals surface area contributed by atoms with Crippen LogP contribution in [0.3, 0.4) is 0 Å². The van der Waals surface area contributed by atoms with Gasteiger partial charge in [0, 0.05) is 45.5 Å². The zero-order valence-electron chi connectivity index (χ0n) is 16.3. The number of rotatable bonds is 6. The van der Waals surface area contributed by atoms with Crippen LogP contribution >= 0.6 is 0 Å². The van der Waals surface area contributed by atoms with E-state index < -0.39 is 0 Å². The molecule has 2 fully saturated rings. The van der Waals surface area contributed by atoms with Crippen LogP contribution in [0, 0.1) is 6.92 Å². The Balaban J connectivity index is 1.59. The number of amides is 1. The minimum atomic E-state index is -0.329. The topological polar surface area (TPSA) is 86.3 Å². The Morgan fingerprint density at radius 3 is 2.93 bits per heavy atom. The van der Waals surface area contributed by atoms with Gasteiger partial charge < -0.3 is 14.2 Å². The minimum absolute atomic E-state index is 0.0360. The van der Waals surface area contributed by atoms with E-state index in [2.05, 4.69) is 10.3 Å². The predicted octanol–water partition coefficient (Wildman–Crippen LogP) is 2.20. The molecule has 2 aliphatic rings. The number of hydrogen-bond donors (Lipinski definition) is 0. The van der Waals surface area contributed by atoms with Crippen LogP contribution in [0.1, 0.15) is 65.9 Å². The Morgan fingerprint density at radius 1 is 1.44 bits per heavy atom. The van der Waals surface area contributed by atoms with Gasteiger partial charge in [-0.3, -0.25) is 9.48 Å². The molecule has 1 atom stereocenters. The largest absolute Gasteiger partial charge is 0.385 e. The fraction of sp³-hybridized carbons (Fsp3) is 0.684. The number of hydrogen-bond acceptors (Lipinski definition) is 6. The zero-order chi connectivity index (χ0) is 19.0. The van der Waals surface area contributed by atoms with Gasteiger partial charge in [-0.05, 0) is 45.1 Å². The summed E-state index contributed by atoms with van der Waals surface area (Å²) in [4.78, 5) is 19.6. The Bertz CT molecular complexity index is 806. The maximum absolute atomic E-state index is 13.0. The molecule has 27 heavy (non-hydrogen) atoms. The van der Waals surface area contributed by atoms with E-state index in [0.717, 1.165) is 56.1 Å². The molecule has 0 spiro atoms. The highest BCUT2D eigenvalue weighted by Gasteiger charge is 2.43. The van der Waals surface area contributed by atoms with Gasteiger partial charge >= 0.3 is 0 Å². The van der Waals surface area contributed by atoms with Crippen molar-refractivity contribution in [2.75, 3.05) is 26.8 Å². The second-order valence-corrected chi connectivity index (χ2v) is 7.88. The van der Waals surface area contributed by atoms with Gasteiger partial charge in [-0.2, -0.15) is 10.1 Å². The summed E-state index contributed by atoms with van der Waals surface area (Å²) in [5, 5.41) is 8.67. The summed E-state index contributed by atoms with van der Waals surface area (Å²) in [6.45, 7) is 3.82. The first-order valence-electron chi connectivity index (χ1n) is 9.65. The summed E-state index contributed by atoms with van der Waals surface area (Å²) in [5.74, 6) is 1.84. The van der Waals surface area contributed by atoms with Crippen molar-refractivity contribution in [3.63, 3.8) is 0 Å². The molecule has 1 saturated carbocycles. The van der Waals surface area contributed by atoms with E-state index in [1.165, 1.54) is 0 Å². The quantitative estimate of drug-likeness (QED) is 0.772. The van der Waals surface area contributed by atoms with E-state index in [0.29, 0.717) is 24.8 Å². The smallest absolute Gasteiger partial charge is 0.274 e. The average Bonchev–Trinajstić information content (AvgIpc) is 3.30. The maximum atomic E-state index is 13.0. The predicted molar refractivity (Wildman–Crippen MR) is 97.5 cm³/mol. The number of nitrogens with zero attached hydrogens (tertiary/aromatic N) is 5. The van der Waals surface area contributed by atoms with Gasteiger partial charge in [-0.1, -0.05) is 5.16 Å². The standard InChI is InChI=1S/C19H27N5O3/c1-13-11-15(21-23(13)2)17(25)24-9-4-7-19(12-24,8-10-26-3)18-20-16(27-22-18)14-5-6-14/h11,14H,4-10,12H2,1-3H3. The van der Waals surface area contributed by atoms with Gasteiger partial charge in [-0.15, -0.1) is 0 Å². The summed E-state index contributed by atoms with van der Waals surface area (Å²) < 4.78 is 12.6. The lowest BCUT2D eigenvalue weighted by atomic mass is 9.76. The number of ether oxygens (including phenoxy) is 1. The van der Waals surface area contributed by atoms with Gasteiger partial charge in [0.15, 0.2) is 11.5 Å². The van der Waals surface area contributed by atoms with E-state index in [1.807, 2.05) is 24.9 Å². The molecule has 146 valence electrons. The van der Waals surface area contributed by atoms with E-state index in [1.54, 1.807) is 11.8 Å². The van der Waals surface area contributed by atoms with Crippen molar-refractivity contribution in [2.24, 2.45) is 7.05 Å². The van der Waals surface area contributed by atoms with E-state index in [9.17, 15) is 4.79 Å². The molecule has 3 heterocycles. The van der Waals surface area contributed by atoms with Crippen LogP contribution in [0.4, 0.5) is 0 Å². The van der Waals surface area contributed by atoms with Gasteiger partial charge in [0.05, 0.1) is 5.41 Å². The van der Waals surface area contributed by atoms with Gasteiger partial charge in [-0.25, -0.2) is 0 Å². The monoisotopic (exact) mass is 373 g/mol. The lowest BCUT2D eigenvalue weighted by Gasteiger charge is -2.40. The molecule has 0 radical (unpaired) electrons. The zero-order valence-corrected chi connectivity index (χ0v) is 16.3. The SMILES string of the molecule is COCCC1(c2noc(C3CC3)n2)CCCN(C(=O)c2cc(C)n(C)n2)C1. The number of likely N-dealkylation sites (tertiary alicyclic amines) is 1. The molecule has 8 nitrogen and oxygen atoms in total. The fourth-order valence-electron chi connectivity index (χ4n) is 3.87. The second kappa shape index (κ2) is 7.07. The second-order valence-electron chi connectivity index (χ2n) is 7.88. The van der Waals surface area contributed by atoms with Crippen molar-refractivity contribution in [3.8, 4) is 0 Å². The summed E-state index contributed by atoms with van der Waals surface area (Å²) >= 11 is 0. The van der Waals surface area contributed by atoms with E-state index in [-0.39, 0.29) is 11.3 Å². The number of aromatic nitrogens is 4. The summed E-state index contributed by atoms with van der Waals surface area (Å²) in [6, 6.07) is 1.84. The van der Waals surface area contributed by atoms with Crippen LogP contribution in [0.15, 0.2) is 10.6 Å². The molecule has 1 aliphatic heterocycles. The molecule has 4 rings (SSSR count). The molecule has 1 unspecified atom stereocenters. The highest BCUT2D eigenvalue weighted by molar-refractivity contribution is 5.92. The lowest BCUT2D eigenvalue weighted by Crippen LogP contribution is -2.49. The normalized spacial score (nSPS) is 23.0. The number of carbonyl (C=O) groups excluding carboxylic acids is 1. The molecule has 2 aromatic heterocycles. The molecule has 0 aromatic carbocycles. The third-order valence-electron chi connectivity index (χ3n) is 5.82.